The maximum Gasteiger partial charge on any atom is 0.226 e. The zero-order valence-corrected chi connectivity index (χ0v) is 14.4. The fourth-order valence-corrected chi connectivity index (χ4v) is 2.45. The van der Waals surface area contributed by atoms with E-state index in [1.54, 1.807) is 12.1 Å². The monoisotopic (exact) mass is 354 g/mol. The number of benzene rings is 1. The number of halogens is 1. The quantitative estimate of drug-likeness (QED) is 0.704. The van der Waals surface area contributed by atoms with E-state index in [-0.39, 0.29) is 11.7 Å². The summed E-state index contributed by atoms with van der Waals surface area (Å²) in [6.45, 7) is 2.33. The van der Waals surface area contributed by atoms with Crippen molar-refractivity contribution in [3.63, 3.8) is 0 Å². The molecule has 6 nitrogen and oxygen atoms in total. The van der Waals surface area contributed by atoms with Gasteiger partial charge >= 0.3 is 0 Å². The third-order valence-electron chi connectivity index (χ3n) is 3.78. The number of hydrogen-bond acceptors (Lipinski definition) is 5. The second kappa shape index (κ2) is 8.33. The maximum absolute atomic E-state index is 12.9. The number of nitrogens with one attached hydrogen (secondary N) is 1. The molecule has 0 aliphatic heterocycles. The van der Waals surface area contributed by atoms with Gasteiger partial charge in [0.05, 0.1) is 12.2 Å². The molecular weight excluding hydrogens is 335 g/mol. The van der Waals surface area contributed by atoms with Gasteiger partial charge in [-0.25, -0.2) is 4.39 Å². The number of pyridine rings is 1. The molecule has 1 N–H and O–H groups in total. The zero-order valence-electron chi connectivity index (χ0n) is 14.4. The van der Waals surface area contributed by atoms with Crippen molar-refractivity contribution in [1.29, 1.82) is 0 Å². The molecule has 0 fully saturated rings. The van der Waals surface area contributed by atoms with Crippen molar-refractivity contribution in [2.24, 2.45) is 0 Å². The van der Waals surface area contributed by atoms with E-state index < -0.39 is 0 Å². The fourth-order valence-electron chi connectivity index (χ4n) is 2.45. The first-order chi connectivity index (χ1) is 12.6. The smallest absolute Gasteiger partial charge is 0.226 e. The van der Waals surface area contributed by atoms with Gasteiger partial charge < -0.3 is 9.84 Å². The van der Waals surface area contributed by atoms with E-state index in [4.69, 9.17) is 4.52 Å². The Labute approximate surface area is 150 Å². The van der Waals surface area contributed by atoms with Crippen LogP contribution in [0.1, 0.15) is 30.1 Å². The molecule has 0 saturated carbocycles. The second-order valence-electron chi connectivity index (χ2n) is 5.92. The van der Waals surface area contributed by atoms with Crippen LogP contribution in [0.25, 0.3) is 11.4 Å². The zero-order chi connectivity index (χ0) is 18.4. The summed E-state index contributed by atoms with van der Waals surface area (Å²) in [6.07, 6.45) is 1.46. The molecule has 3 rings (SSSR count). The van der Waals surface area contributed by atoms with Crippen LogP contribution in [0.5, 0.6) is 0 Å². The molecule has 0 aliphatic rings. The van der Waals surface area contributed by atoms with Gasteiger partial charge in [-0.1, -0.05) is 11.2 Å². The average Bonchev–Trinajstić information content (AvgIpc) is 3.09. The van der Waals surface area contributed by atoms with Crippen LogP contribution < -0.4 is 5.32 Å². The summed E-state index contributed by atoms with van der Waals surface area (Å²) in [7, 11) is 0. The van der Waals surface area contributed by atoms with Crippen LogP contribution >= 0.6 is 0 Å². The van der Waals surface area contributed by atoms with Crippen LogP contribution in [0.15, 0.2) is 47.0 Å². The summed E-state index contributed by atoms with van der Waals surface area (Å²) in [4.78, 5) is 20.5. The van der Waals surface area contributed by atoms with E-state index in [2.05, 4.69) is 20.4 Å². The summed E-state index contributed by atoms with van der Waals surface area (Å²) in [5.74, 6) is 0.503. The lowest BCUT2D eigenvalue weighted by Crippen LogP contribution is -2.23. The van der Waals surface area contributed by atoms with E-state index >= 15 is 0 Å². The number of nitrogens with zero attached hydrogens (tertiary/aromatic N) is 3. The highest BCUT2D eigenvalue weighted by Crippen LogP contribution is 2.16. The molecule has 0 radical (unpaired) electrons. The van der Waals surface area contributed by atoms with Crippen molar-refractivity contribution in [3.05, 3.63) is 65.6 Å². The van der Waals surface area contributed by atoms with Crippen LogP contribution in [-0.4, -0.2) is 21.0 Å². The van der Waals surface area contributed by atoms with Crippen molar-refractivity contribution in [3.8, 4) is 11.4 Å². The molecule has 0 saturated heterocycles. The molecule has 26 heavy (non-hydrogen) atoms. The van der Waals surface area contributed by atoms with Crippen LogP contribution in [0.3, 0.4) is 0 Å². The standard InChI is InChI=1S/C19H19FN4O2/c1-13-4-2-5-16(22-13)12-21-17(25)6-3-7-18-23-19(24-26-18)14-8-10-15(20)11-9-14/h2,4-5,8-11H,3,6-7,12H2,1H3,(H,21,25). The molecule has 3 aromatic rings. The number of carbonyl (C=O) groups is 1. The Morgan fingerprint density at radius 1 is 1.15 bits per heavy atom. The molecule has 1 amide bonds. The number of hydrogen-bond donors (Lipinski definition) is 1. The predicted octanol–water partition coefficient (Wildman–Crippen LogP) is 3.22. The Kier molecular flexibility index (Phi) is 5.68. The molecule has 2 aromatic heterocycles. The van der Waals surface area contributed by atoms with E-state index in [1.807, 2.05) is 25.1 Å². The Morgan fingerprint density at radius 3 is 2.73 bits per heavy atom. The topological polar surface area (TPSA) is 80.9 Å². The van der Waals surface area contributed by atoms with Gasteiger partial charge in [-0.3, -0.25) is 9.78 Å². The second-order valence-corrected chi connectivity index (χ2v) is 5.92. The first kappa shape index (κ1) is 17.7. The molecule has 0 unspecified atom stereocenters. The van der Waals surface area contributed by atoms with Gasteiger partial charge in [0.2, 0.25) is 17.6 Å². The third-order valence-corrected chi connectivity index (χ3v) is 3.78. The summed E-state index contributed by atoms with van der Waals surface area (Å²) < 4.78 is 18.1. The highest BCUT2D eigenvalue weighted by Gasteiger charge is 2.10. The number of amides is 1. The highest BCUT2D eigenvalue weighted by molar-refractivity contribution is 5.75. The molecule has 0 atom stereocenters. The Balaban J connectivity index is 1.43. The minimum atomic E-state index is -0.315. The van der Waals surface area contributed by atoms with Crippen molar-refractivity contribution >= 4 is 5.91 Å². The van der Waals surface area contributed by atoms with E-state index in [0.29, 0.717) is 43.1 Å². The molecule has 0 spiro atoms. The molecule has 1 aromatic carbocycles. The maximum atomic E-state index is 12.9. The third kappa shape index (κ3) is 4.95. The molecular formula is C19H19FN4O2. The SMILES string of the molecule is Cc1cccc(CNC(=O)CCCc2nc(-c3ccc(F)cc3)no2)n1. The fraction of sp³-hybridized carbons (Fsp3) is 0.263. The molecule has 134 valence electrons. The van der Waals surface area contributed by atoms with Crippen molar-refractivity contribution < 1.29 is 13.7 Å². The van der Waals surface area contributed by atoms with Crippen LogP contribution in [0.2, 0.25) is 0 Å². The van der Waals surface area contributed by atoms with Gasteiger partial charge in [0, 0.05) is 24.1 Å². The number of rotatable bonds is 7. The molecule has 2 heterocycles. The van der Waals surface area contributed by atoms with Gasteiger partial charge in [-0.15, -0.1) is 0 Å². The minimum Gasteiger partial charge on any atom is -0.350 e. The molecule has 7 heteroatoms. The summed E-state index contributed by atoms with van der Waals surface area (Å²) >= 11 is 0. The number of aryl methyl sites for hydroxylation is 2. The lowest BCUT2D eigenvalue weighted by atomic mass is 10.2. The van der Waals surface area contributed by atoms with Crippen LogP contribution in [-0.2, 0) is 17.8 Å². The van der Waals surface area contributed by atoms with Gasteiger partial charge in [0.15, 0.2) is 0 Å². The van der Waals surface area contributed by atoms with Gasteiger partial charge in [-0.2, -0.15) is 4.98 Å². The molecule has 0 aliphatic carbocycles. The first-order valence-corrected chi connectivity index (χ1v) is 8.38. The minimum absolute atomic E-state index is 0.0495. The Hall–Kier alpha value is -3.09. The normalized spacial score (nSPS) is 10.7. The summed E-state index contributed by atoms with van der Waals surface area (Å²) in [5, 5.41) is 6.73. The molecule has 0 bridgehead atoms. The summed E-state index contributed by atoms with van der Waals surface area (Å²) in [5.41, 5.74) is 2.44. The van der Waals surface area contributed by atoms with Crippen LogP contribution in [0.4, 0.5) is 4.39 Å². The average molecular weight is 354 g/mol. The van der Waals surface area contributed by atoms with E-state index in [0.717, 1.165) is 11.4 Å². The van der Waals surface area contributed by atoms with Crippen LogP contribution in [0, 0.1) is 12.7 Å². The Morgan fingerprint density at radius 2 is 1.96 bits per heavy atom. The lowest BCUT2D eigenvalue weighted by Gasteiger charge is -2.04. The van der Waals surface area contributed by atoms with Gasteiger partial charge in [-0.05, 0) is 49.7 Å². The van der Waals surface area contributed by atoms with Crippen molar-refractivity contribution in [2.75, 3.05) is 0 Å². The Bertz CT molecular complexity index is 877. The predicted molar refractivity (Wildman–Crippen MR) is 93.5 cm³/mol. The van der Waals surface area contributed by atoms with Crippen molar-refractivity contribution in [2.45, 2.75) is 32.7 Å². The van der Waals surface area contributed by atoms with Crippen molar-refractivity contribution in [1.82, 2.24) is 20.4 Å². The lowest BCUT2D eigenvalue weighted by molar-refractivity contribution is -0.121. The van der Waals surface area contributed by atoms with Gasteiger partial charge in [0.25, 0.3) is 0 Å². The highest BCUT2D eigenvalue weighted by atomic mass is 19.1. The van der Waals surface area contributed by atoms with E-state index in [1.165, 1.54) is 12.1 Å². The summed E-state index contributed by atoms with van der Waals surface area (Å²) in [6, 6.07) is 11.6. The number of carbonyl (C=O) groups excluding carboxylic acids is 1. The number of aromatic nitrogens is 3. The van der Waals surface area contributed by atoms with Gasteiger partial charge in [0.1, 0.15) is 5.82 Å². The first-order valence-electron chi connectivity index (χ1n) is 8.38. The largest absolute Gasteiger partial charge is 0.350 e. The van der Waals surface area contributed by atoms with E-state index in [9.17, 15) is 9.18 Å².